The van der Waals surface area contributed by atoms with Crippen molar-refractivity contribution in [1.82, 2.24) is 19.6 Å². The SMILES string of the molecule is CCCc1c(C(F)(F)F)nc2ncnn2c1O. The normalized spacial score (nSPS) is 12.2. The lowest BCUT2D eigenvalue weighted by Crippen LogP contribution is -2.14. The van der Waals surface area contributed by atoms with Gasteiger partial charge in [0, 0.05) is 5.56 Å². The Bertz CT molecular complexity index is 549. The average Bonchev–Trinajstić information content (AvgIpc) is 2.68. The van der Waals surface area contributed by atoms with Crippen LogP contribution in [0.3, 0.4) is 0 Å². The van der Waals surface area contributed by atoms with Gasteiger partial charge in [0.05, 0.1) is 0 Å². The van der Waals surface area contributed by atoms with E-state index >= 15 is 0 Å². The maximum absolute atomic E-state index is 12.8. The second kappa shape index (κ2) is 3.86. The van der Waals surface area contributed by atoms with Crippen LogP contribution in [0.5, 0.6) is 5.88 Å². The van der Waals surface area contributed by atoms with Crippen LogP contribution in [-0.4, -0.2) is 24.7 Å². The lowest BCUT2D eigenvalue weighted by molar-refractivity contribution is -0.141. The third-order valence-electron chi connectivity index (χ3n) is 2.27. The number of fused-ring (bicyclic) bond motifs is 1. The van der Waals surface area contributed by atoms with Crippen LogP contribution in [0.2, 0.25) is 0 Å². The van der Waals surface area contributed by atoms with Crippen molar-refractivity contribution < 1.29 is 18.3 Å². The molecule has 0 aliphatic carbocycles. The molecule has 8 heteroatoms. The van der Waals surface area contributed by atoms with E-state index in [1.807, 2.05) is 0 Å². The molecular formula is C9H9F3N4O. The zero-order chi connectivity index (χ0) is 12.6. The van der Waals surface area contributed by atoms with E-state index in [9.17, 15) is 18.3 Å². The quantitative estimate of drug-likeness (QED) is 0.877. The number of hydrogen-bond acceptors (Lipinski definition) is 4. The molecule has 2 aromatic rings. The van der Waals surface area contributed by atoms with Crippen molar-refractivity contribution in [3.63, 3.8) is 0 Å². The molecule has 0 saturated heterocycles. The van der Waals surface area contributed by atoms with Crippen LogP contribution in [0.25, 0.3) is 5.78 Å². The van der Waals surface area contributed by atoms with Gasteiger partial charge in [-0.3, -0.25) is 0 Å². The Labute approximate surface area is 93.9 Å². The minimum absolute atomic E-state index is 0.0729. The molecular weight excluding hydrogens is 237 g/mol. The van der Waals surface area contributed by atoms with Crippen molar-refractivity contribution >= 4 is 5.78 Å². The van der Waals surface area contributed by atoms with E-state index in [2.05, 4.69) is 15.1 Å². The smallest absolute Gasteiger partial charge is 0.433 e. The van der Waals surface area contributed by atoms with Crippen molar-refractivity contribution in [3.8, 4) is 5.88 Å². The van der Waals surface area contributed by atoms with Gasteiger partial charge in [0.2, 0.25) is 5.88 Å². The van der Waals surface area contributed by atoms with Crippen LogP contribution >= 0.6 is 0 Å². The molecule has 0 aliphatic heterocycles. The zero-order valence-corrected chi connectivity index (χ0v) is 8.86. The van der Waals surface area contributed by atoms with Crippen molar-refractivity contribution in [2.24, 2.45) is 0 Å². The molecule has 0 fully saturated rings. The largest absolute Gasteiger partial charge is 0.493 e. The topological polar surface area (TPSA) is 63.3 Å². The summed E-state index contributed by atoms with van der Waals surface area (Å²) in [4.78, 5) is 6.93. The molecule has 0 spiro atoms. The molecule has 0 aromatic carbocycles. The number of aromatic nitrogens is 4. The second-order valence-electron chi connectivity index (χ2n) is 3.48. The fraction of sp³-hybridized carbons (Fsp3) is 0.444. The average molecular weight is 246 g/mol. The molecule has 0 unspecified atom stereocenters. The summed E-state index contributed by atoms with van der Waals surface area (Å²) >= 11 is 0. The summed E-state index contributed by atoms with van der Waals surface area (Å²) in [6, 6.07) is 0. The van der Waals surface area contributed by atoms with E-state index in [-0.39, 0.29) is 17.8 Å². The van der Waals surface area contributed by atoms with Gasteiger partial charge in [0.1, 0.15) is 6.33 Å². The number of alkyl halides is 3. The Kier molecular flexibility index (Phi) is 2.64. The predicted octanol–water partition coefficient (Wildman–Crippen LogP) is 1.80. The van der Waals surface area contributed by atoms with Gasteiger partial charge in [-0.1, -0.05) is 13.3 Å². The summed E-state index contributed by atoms with van der Waals surface area (Å²) in [5.74, 6) is -0.823. The van der Waals surface area contributed by atoms with E-state index in [4.69, 9.17) is 0 Å². The van der Waals surface area contributed by atoms with Crippen LogP contribution in [-0.2, 0) is 12.6 Å². The first-order valence-electron chi connectivity index (χ1n) is 4.94. The number of hydrogen-bond donors (Lipinski definition) is 1. The molecule has 0 aliphatic rings. The highest BCUT2D eigenvalue weighted by Gasteiger charge is 2.37. The van der Waals surface area contributed by atoms with Gasteiger partial charge in [0.25, 0.3) is 5.78 Å². The molecule has 17 heavy (non-hydrogen) atoms. The first kappa shape index (κ1) is 11.6. The molecule has 0 amide bonds. The third-order valence-corrected chi connectivity index (χ3v) is 2.27. The zero-order valence-electron chi connectivity index (χ0n) is 8.86. The third kappa shape index (κ3) is 1.90. The minimum Gasteiger partial charge on any atom is -0.493 e. The molecule has 0 radical (unpaired) electrons. The summed E-state index contributed by atoms with van der Waals surface area (Å²) in [7, 11) is 0. The van der Waals surface area contributed by atoms with Crippen LogP contribution < -0.4 is 0 Å². The molecule has 92 valence electrons. The van der Waals surface area contributed by atoms with Crippen molar-refractivity contribution in [2.45, 2.75) is 25.9 Å². The highest BCUT2D eigenvalue weighted by molar-refractivity contribution is 5.41. The van der Waals surface area contributed by atoms with Crippen molar-refractivity contribution in [1.29, 1.82) is 0 Å². The predicted molar refractivity (Wildman–Crippen MR) is 51.4 cm³/mol. The number of aromatic hydroxyl groups is 1. The lowest BCUT2D eigenvalue weighted by atomic mass is 10.1. The van der Waals surface area contributed by atoms with Gasteiger partial charge in [0.15, 0.2) is 5.69 Å². The van der Waals surface area contributed by atoms with Crippen molar-refractivity contribution in [2.75, 3.05) is 0 Å². The molecule has 0 atom stereocenters. The Morgan fingerprint density at radius 2 is 2.12 bits per heavy atom. The van der Waals surface area contributed by atoms with E-state index < -0.39 is 17.8 Å². The standard InChI is InChI=1S/C9H9F3N4O/c1-2-3-5-6(9(10,11)12)15-8-13-4-14-16(8)7(5)17/h4,17H,2-3H2,1H3. The number of nitrogens with zero attached hydrogens (tertiary/aromatic N) is 4. The maximum atomic E-state index is 12.8. The highest BCUT2D eigenvalue weighted by atomic mass is 19.4. The van der Waals surface area contributed by atoms with E-state index in [0.717, 1.165) is 10.8 Å². The Morgan fingerprint density at radius 3 is 2.71 bits per heavy atom. The first-order valence-corrected chi connectivity index (χ1v) is 4.94. The van der Waals surface area contributed by atoms with Crippen LogP contribution in [0, 0.1) is 0 Å². The molecule has 5 nitrogen and oxygen atoms in total. The molecule has 0 saturated carbocycles. The molecule has 2 heterocycles. The Morgan fingerprint density at radius 1 is 1.41 bits per heavy atom. The molecule has 2 rings (SSSR count). The van der Waals surface area contributed by atoms with Crippen molar-refractivity contribution in [3.05, 3.63) is 17.6 Å². The van der Waals surface area contributed by atoms with Gasteiger partial charge in [-0.15, -0.1) is 0 Å². The van der Waals surface area contributed by atoms with Gasteiger partial charge in [-0.25, -0.2) is 4.98 Å². The number of rotatable bonds is 2. The molecule has 1 N–H and O–H groups in total. The van der Waals surface area contributed by atoms with Gasteiger partial charge in [-0.2, -0.15) is 27.8 Å². The van der Waals surface area contributed by atoms with Gasteiger partial charge < -0.3 is 5.11 Å². The monoisotopic (exact) mass is 246 g/mol. The van der Waals surface area contributed by atoms with E-state index in [1.165, 1.54) is 0 Å². The lowest BCUT2D eigenvalue weighted by Gasteiger charge is -2.12. The summed E-state index contributed by atoms with van der Waals surface area (Å²) in [6.07, 6.45) is -3.05. The summed E-state index contributed by atoms with van der Waals surface area (Å²) < 4.78 is 39.2. The van der Waals surface area contributed by atoms with Crippen LogP contribution in [0.15, 0.2) is 6.33 Å². The van der Waals surface area contributed by atoms with Crippen LogP contribution in [0.1, 0.15) is 24.6 Å². The summed E-state index contributed by atoms with van der Waals surface area (Å²) in [5.41, 5.74) is -1.35. The van der Waals surface area contributed by atoms with Crippen LogP contribution in [0.4, 0.5) is 13.2 Å². The highest BCUT2D eigenvalue weighted by Crippen LogP contribution is 2.34. The van der Waals surface area contributed by atoms with Gasteiger partial charge in [-0.05, 0) is 6.42 Å². The number of halogens is 3. The van der Waals surface area contributed by atoms with Gasteiger partial charge >= 0.3 is 6.18 Å². The summed E-state index contributed by atoms with van der Waals surface area (Å²) in [6.45, 7) is 1.71. The summed E-state index contributed by atoms with van der Waals surface area (Å²) in [5, 5.41) is 13.3. The molecule has 2 aromatic heterocycles. The Balaban J connectivity index is 2.75. The first-order chi connectivity index (χ1) is 7.95. The van der Waals surface area contributed by atoms with E-state index in [1.54, 1.807) is 6.92 Å². The Hall–Kier alpha value is -1.86. The fourth-order valence-electron chi connectivity index (χ4n) is 1.58. The van der Waals surface area contributed by atoms with E-state index in [0.29, 0.717) is 6.42 Å². The fourth-order valence-corrected chi connectivity index (χ4v) is 1.58. The maximum Gasteiger partial charge on any atom is 0.433 e. The second-order valence-corrected chi connectivity index (χ2v) is 3.48. The molecule has 0 bridgehead atoms. The minimum atomic E-state index is -4.62.